The van der Waals surface area contributed by atoms with E-state index < -0.39 is 7.12 Å². The molecule has 0 radical (unpaired) electrons. The third kappa shape index (κ3) is 2.71. The van der Waals surface area contributed by atoms with Crippen LogP contribution in [0.3, 0.4) is 0 Å². The van der Waals surface area contributed by atoms with Gasteiger partial charge in [0.25, 0.3) is 0 Å². The number of nitrogens with one attached hydrogen (secondary N) is 1. The summed E-state index contributed by atoms with van der Waals surface area (Å²) >= 11 is 0. The predicted molar refractivity (Wildman–Crippen MR) is 53.0 cm³/mol. The van der Waals surface area contributed by atoms with E-state index in [1.165, 1.54) is 0 Å². The zero-order valence-corrected chi connectivity index (χ0v) is 8.53. The van der Waals surface area contributed by atoms with E-state index in [0.717, 1.165) is 25.7 Å². The molecule has 0 unspecified atom stereocenters. The largest absolute Gasteiger partial charge is 0.601 e. The molecular weight excluding hydrogens is 197 g/mol. The van der Waals surface area contributed by atoms with Crippen molar-refractivity contribution in [1.29, 1.82) is 0 Å². The minimum Gasteiger partial charge on any atom is -0.498 e. The molecule has 0 bridgehead atoms. The number of hydrogen-bond acceptors (Lipinski definition) is 5. The molecule has 1 aliphatic heterocycles. The fourth-order valence-corrected chi connectivity index (χ4v) is 2.06. The normalized spacial score (nSPS) is 24.4. The summed E-state index contributed by atoms with van der Waals surface area (Å²) in [6.45, 7) is 0.163. The van der Waals surface area contributed by atoms with Gasteiger partial charge in [0.2, 0.25) is 0 Å². The Labute approximate surface area is 88.6 Å². The standard InChI is InChI=1S/C9H14BNO4/c12-8-5-11-6-9(13)15-10(14-8)7-3-1-2-4-7/h7,11H,1-6H2. The monoisotopic (exact) mass is 211 g/mol. The summed E-state index contributed by atoms with van der Waals surface area (Å²) in [5.41, 5.74) is 0. The van der Waals surface area contributed by atoms with Crippen LogP contribution in [0.5, 0.6) is 0 Å². The van der Waals surface area contributed by atoms with Crippen molar-refractivity contribution in [2.45, 2.75) is 31.5 Å². The van der Waals surface area contributed by atoms with Gasteiger partial charge in [-0.1, -0.05) is 12.8 Å². The summed E-state index contributed by atoms with van der Waals surface area (Å²) in [6, 6.07) is 0. The van der Waals surface area contributed by atoms with Gasteiger partial charge in [0.05, 0.1) is 13.1 Å². The van der Waals surface area contributed by atoms with Gasteiger partial charge >= 0.3 is 19.1 Å². The van der Waals surface area contributed by atoms with Crippen molar-refractivity contribution in [3.63, 3.8) is 0 Å². The van der Waals surface area contributed by atoms with Crippen LogP contribution in [0.25, 0.3) is 0 Å². The molecule has 5 nitrogen and oxygen atoms in total. The zero-order valence-electron chi connectivity index (χ0n) is 8.53. The first-order valence-corrected chi connectivity index (χ1v) is 5.35. The molecule has 2 rings (SSSR count). The minimum atomic E-state index is -0.658. The molecule has 2 aliphatic rings. The molecule has 15 heavy (non-hydrogen) atoms. The van der Waals surface area contributed by atoms with E-state index in [1.807, 2.05) is 0 Å². The Morgan fingerprint density at radius 1 is 1.07 bits per heavy atom. The molecule has 0 aromatic heterocycles. The van der Waals surface area contributed by atoms with Crippen LogP contribution in [0.1, 0.15) is 25.7 Å². The molecule has 0 amide bonds. The molecule has 1 heterocycles. The molecule has 82 valence electrons. The van der Waals surface area contributed by atoms with Crippen molar-refractivity contribution in [2.24, 2.45) is 0 Å². The molecule has 0 spiro atoms. The van der Waals surface area contributed by atoms with Gasteiger partial charge in [-0.05, 0) is 12.8 Å². The summed E-state index contributed by atoms with van der Waals surface area (Å²) < 4.78 is 10.2. The van der Waals surface area contributed by atoms with E-state index >= 15 is 0 Å². The minimum absolute atomic E-state index is 0.0817. The van der Waals surface area contributed by atoms with Crippen LogP contribution in [0.15, 0.2) is 0 Å². The summed E-state index contributed by atoms with van der Waals surface area (Å²) in [5.74, 6) is -0.505. The van der Waals surface area contributed by atoms with Crippen LogP contribution in [0, 0.1) is 0 Å². The van der Waals surface area contributed by atoms with Gasteiger partial charge in [-0.15, -0.1) is 0 Å². The van der Waals surface area contributed by atoms with Gasteiger partial charge in [-0.25, -0.2) is 0 Å². The molecule has 0 aromatic carbocycles. The second-order valence-electron chi connectivity index (χ2n) is 4.00. The Kier molecular flexibility index (Phi) is 3.25. The van der Waals surface area contributed by atoms with Gasteiger partial charge in [-0.3, -0.25) is 14.9 Å². The van der Waals surface area contributed by atoms with Crippen LogP contribution >= 0.6 is 0 Å². The first-order valence-electron chi connectivity index (χ1n) is 5.35. The third-order valence-corrected chi connectivity index (χ3v) is 2.82. The van der Waals surface area contributed by atoms with Crippen molar-refractivity contribution < 1.29 is 18.9 Å². The number of hydrogen-bond donors (Lipinski definition) is 1. The maximum Gasteiger partial charge on any atom is 0.601 e. The average Bonchev–Trinajstić information content (AvgIpc) is 2.66. The number of rotatable bonds is 1. The van der Waals surface area contributed by atoms with Crippen LogP contribution < -0.4 is 5.32 Å². The third-order valence-electron chi connectivity index (χ3n) is 2.82. The smallest absolute Gasteiger partial charge is 0.498 e. The zero-order chi connectivity index (χ0) is 10.7. The second kappa shape index (κ2) is 4.66. The van der Waals surface area contributed by atoms with Crippen molar-refractivity contribution in [1.82, 2.24) is 5.32 Å². The Bertz CT molecular complexity index is 247. The predicted octanol–water partition coefficient (Wildman–Crippen LogP) is 0.108. The Morgan fingerprint density at radius 2 is 1.60 bits per heavy atom. The van der Waals surface area contributed by atoms with E-state index in [9.17, 15) is 9.59 Å². The highest BCUT2D eigenvalue weighted by molar-refractivity contribution is 6.51. The highest BCUT2D eigenvalue weighted by Crippen LogP contribution is 2.33. The summed E-state index contributed by atoms with van der Waals surface area (Å²) in [5, 5.41) is 2.65. The Hall–Kier alpha value is -1.04. The Morgan fingerprint density at radius 3 is 2.13 bits per heavy atom. The van der Waals surface area contributed by atoms with Crippen LogP contribution in [0.4, 0.5) is 0 Å². The van der Waals surface area contributed by atoms with Crippen molar-refractivity contribution in [2.75, 3.05) is 13.1 Å². The van der Waals surface area contributed by atoms with Crippen molar-refractivity contribution in [3.05, 3.63) is 0 Å². The highest BCUT2D eigenvalue weighted by Gasteiger charge is 2.39. The topological polar surface area (TPSA) is 64.6 Å². The lowest BCUT2D eigenvalue weighted by molar-refractivity contribution is -0.142. The molecule has 2 fully saturated rings. The molecule has 1 N–H and O–H groups in total. The van der Waals surface area contributed by atoms with Crippen LogP contribution in [0.2, 0.25) is 5.82 Å². The summed E-state index contributed by atoms with van der Waals surface area (Å²) in [4.78, 5) is 22.5. The fraction of sp³-hybridized carbons (Fsp3) is 0.778. The average molecular weight is 211 g/mol. The molecule has 0 aromatic rings. The van der Waals surface area contributed by atoms with Gasteiger partial charge in [-0.2, -0.15) is 0 Å². The Balaban J connectivity index is 1.98. The lowest BCUT2D eigenvalue weighted by Crippen LogP contribution is -2.43. The molecule has 0 atom stereocenters. The fourth-order valence-electron chi connectivity index (χ4n) is 2.06. The van der Waals surface area contributed by atoms with E-state index in [1.54, 1.807) is 0 Å². The van der Waals surface area contributed by atoms with Crippen LogP contribution in [-0.4, -0.2) is 32.1 Å². The second-order valence-corrected chi connectivity index (χ2v) is 4.00. The first-order chi connectivity index (χ1) is 7.25. The SMILES string of the molecule is O=C1CNCC(=O)OB(C2CCCC2)O1. The highest BCUT2D eigenvalue weighted by atomic mass is 16.6. The van der Waals surface area contributed by atoms with Crippen molar-refractivity contribution >= 4 is 19.1 Å². The van der Waals surface area contributed by atoms with E-state index in [0.29, 0.717) is 0 Å². The summed E-state index contributed by atoms with van der Waals surface area (Å²) in [6.07, 6.45) is 4.18. The molecular formula is C9H14BNO4. The maximum absolute atomic E-state index is 11.2. The van der Waals surface area contributed by atoms with E-state index in [2.05, 4.69) is 5.32 Å². The number of carbonyl (C=O) groups excluding carboxylic acids is 2. The van der Waals surface area contributed by atoms with Gasteiger partial charge in [0, 0.05) is 5.82 Å². The maximum atomic E-state index is 11.2. The van der Waals surface area contributed by atoms with Gasteiger partial charge in [0.1, 0.15) is 0 Å². The first kappa shape index (κ1) is 10.5. The lowest BCUT2D eigenvalue weighted by Gasteiger charge is -2.21. The quantitative estimate of drug-likeness (QED) is 0.623. The summed E-state index contributed by atoms with van der Waals surface area (Å²) in [7, 11) is -0.658. The molecule has 1 saturated heterocycles. The molecule has 1 aliphatic carbocycles. The molecule has 1 saturated carbocycles. The lowest BCUT2D eigenvalue weighted by atomic mass is 9.70. The van der Waals surface area contributed by atoms with Crippen molar-refractivity contribution in [3.8, 4) is 0 Å². The van der Waals surface area contributed by atoms with E-state index in [-0.39, 0.29) is 30.8 Å². The van der Waals surface area contributed by atoms with Gasteiger partial charge < -0.3 is 9.31 Å². The van der Waals surface area contributed by atoms with Gasteiger partial charge in [0.15, 0.2) is 0 Å². The number of carbonyl (C=O) groups is 2. The van der Waals surface area contributed by atoms with E-state index in [4.69, 9.17) is 9.31 Å². The van der Waals surface area contributed by atoms with Crippen LogP contribution in [-0.2, 0) is 18.9 Å². The molecule has 6 heteroatoms.